The van der Waals surface area contributed by atoms with E-state index in [1.807, 2.05) is 6.92 Å². The number of ketones is 2. The molecule has 7 heteroatoms. The molecule has 1 aliphatic carbocycles. The molecule has 0 fully saturated rings. The van der Waals surface area contributed by atoms with Crippen molar-refractivity contribution in [2.24, 2.45) is 0 Å². The van der Waals surface area contributed by atoms with Gasteiger partial charge in [-0.2, -0.15) is 0 Å². The van der Waals surface area contributed by atoms with Crippen molar-refractivity contribution < 1.29 is 23.8 Å². The first kappa shape index (κ1) is 19.0. The number of carbonyl (C=O) groups excluding carboxylic acids is 2. The Morgan fingerprint density at radius 3 is 2.22 bits per heavy atom. The highest BCUT2D eigenvalue weighted by atomic mass is 35.5. The molecule has 0 radical (unpaired) electrons. The van der Waals surface area contributed by atoms with E-state index >= 15 is 0 Å². The molecular weight excluding hydrogens is 370 g/mol. The van der Waals surface area contributed by atoms with E-state index in [2.05, 4.69) is 5.32 Å². The number of anilines is 1. The molecule has 0 saturated carbocycles. The van der Waals surface area contributed by atoms with Crippen LogP contribution in [0.3, 0.4) is 0 Å². The lowest BCUT2D eigenvalue weighted by Gasteiger charge is -2.24. The zero-order chi connectivity index (χ0) is 19.7. The van der Waals surface area contributed by atoms with Gasteiger partial charge in [-0.15, -0.1) is 11.6 Å². The van der Waals surface area contributed by atoms with Crippen molar-refractivity contribution in [1.82, 2.24) is 0 Å². The number of rotatable bonds is 6. The molecule has 0 amide bonds. The first-order chi connectivity index (χ1) is 13.0. The number of alkyl halides is 1. The van der Waals surface area contributed by atoms with Crippen LogP contribution in [0, 0.1) is 6.92 Å². The summed E-state index contributed by atoms with van der Waals surface area (Å²) in [4.78, 5) is 26.5. The Bertz CT molecular complexity index is 939. The summed E-state index contributed by atoms with van der Waals surface area (Å²) in [5, 5.41) is 3.17. The second kappa shape index (κ2) is 7.48. The van der Waals surface area contributed by atoms with Crippen molar-refractivity contribution in [1.29, 1.82) is 0 Å². The number of hydrogen-bond acceptors (Lipinski definition) is 6. The monoisotopic (exact) mass is 389 g/mol. The molecule has 0 aromatic heterocycles. The molecule has 0 aliphatic heterocycles. The maximum atomic E-state index is 13.3. The Hall–Kier alpha value is -2.73. The number of fused-ring (bicyclic) bond motifs is 2. The fourth-order valence-electron chi connectivity index (χ4n) is 3.33. The molecule has 0 atom stereocenters. The highest BCUT2D eigenvalue weighted by Gasteiger charge is 2.37. The van der Waals surface area contributed by atoms with Crippen LogP contribution in [0.15, 0.2) is 18.2 Å². The van der Waals surface area contributed by atoms with E-state index in [1.165, 1.54) is 21.3 Å². The van der Waals surface area contributed by atoms with Crippen LogP contribution in [-0.2, 0) is 0 Å². The van der Waals surface area contributed by atoms with Crippen molar-refractivity contribution in [2.75, 3.05) is 39.1 Å². The Labute approximate surface area is 162 Å². The summed E-state index contributed by atoms with van der Waals surface area (Å²) in [6.07, 6.45) is 0. The van der Waals surface area contributed by atoms with Gasteiger partial charge in [-0.1, -0.05) is 0 Å². The number of ether oxygens (including phenoxy) is 3. The summed E-state index contributed by atoms with van der Waals surface area (Å²) in [5.74, 6) is 0.897. The SMILES string of the molecule is COc1cc(OC)c2c(c1)C(=O)c1cc(NCCCl)c(C)c(OC)c1C2=O. The highest BCUT2D eigenvalue weighted by Crippen LogP contribution is 2.42. The van der Waals surface area contributed by atoms with Gasteiger partial charge in [0.1, 0.15) is 17.2 Å². The summed E-state index contributed by atoms with van der Waals surface area (Å²) < 4.78 is 16.1. The van der Waals surface area contributed by atoms with Crippen LogP contribution < -0.4 is 19.5 Å². The van der Waals surface area contributed by atoms with E-state index in [0.717, 1.165) is 5.56 Å². The van der Waals surface area contributed by atoms with Crippen LogP contribution in [-0.4, -0.2) is 45.3 Å². The maximum absolute atomic E-state index is 13.3. The summed E-state index contributed by atoms with van der Waals surface area (Å²) in [5.41, 5.74) is 2.42. The lowest BCUT2D eigenvalue weighted by atomic mass is 9.81. The molecule has 0 heterocycles. The summed E-state index contributed by atoms with van der Waals surface area (Å²) in [7, 11) is 4.42. The molecule has 2 aromatic rings. The van der Waals surface area contributed by atoms with Crippen LogP contribution in [0.2, 0.25) is 0 Å². The molecule has 0 unspecified atom stereocenters. The largest absolute Gasteiger partial charge is 0.497 e. The molecule has 27 heavy (non-hydrogen) atoms. The van der Waals surface area contributed by atoms with Gasteiger partial charge in [0.25, 0.3) is 0 Å². The molecule has 0 spiro atoms. The van der Waals surface area contributed by atoms with Gasteiger partial charge in [-0.05, 0) is 19.1 Å². The third-order valence-corrected chi connectivity index (χ3v) is 4.81. The number of methoxy groups -OCH3 is 3. The van der Waals surface area contributed by atoms with E-state index in [-0.39, 0.29) is 39.6 Å². The minimum absolute atomic E-state index is 0.218. The maximum Gasteiger partial charge on any atom is 0.202 e. The van der Waals surface area contributed by atoms with E-state index in [1.54, 1.807) is 18.2 Å². The van der Waals surface area contributed by atoms with Crippen molar-refractivity contribution in [3.8, 4) is 17.2 Å². The van der Waals surface area contributed by atoms with Crippen molar-refractivity contribution >= 4 is 28.9 Å². The smallest absolute Gasteiger partial charge is 0.202 e. The summed E-state index contributed by atoms with van der Waals surface area (Å²) in [6.45, 7) is 2.35. The second-order valence-electron chi connectivity index (χ2n) is 6.03. The molecule has 0 bridgehead atoms. The fourth-order valence-corrected chi connectivity index (χ4v) is 3.43. The Balaban J connectivity index is 2.29. The standard InChI is InChI=1S/C20H20ClNO5/c1-10-14(22-6-5-21)9-13-17(20(10)27-4)19(24)16-12(18(13)23)7-11(25-2)8-15(16)26-3/h7-9,22H,5-6H2,1-4H3. The van der Waals surface area contributed by atoms with Gasteiger partial charge in [-0.3, -0.25) is 9.59 Å². The Morgan fingerprint density at radius 2 is 1.63 bits per heavy atom. The molecule has 3 rings (SSSR count). The van der Waals surface area contributed by atoms with E-state index < -0.39 is 0 Å². The minimum atomic E-state index is -0.317. The summed E-state index contributed by atoms with van der Waals surface area (Å²) >= 11 is 5.76. The zero-order valence-corrected chi connectivity index (χ0v) is 16.3. The number of carbonyl (C=O) groups is 2. The number of halogens is 1. The molecule has 0 saturated heterocycles. The van der Waals surface area contributed by atoms with Gasteiger partial charge in [0.05, 0.1) is 32.5 Å². The first-order valence-corrected chi connectivity index (χ1v) is 8.88. The quantitative estimate of drug-likeness (QED) is 0.651. The number of benzene rings is 2. The lowest BCUT2D eigenvalue weighted by molar-refractivity contribution is 0.0973. The third-order valence-electron chi connectivity index (χ3n) is 4.62. The van der Waals surface area contributed by atoms with Crippen LogP contribution in [0.5, 0.6) is 17.2 Å². The fraction of sp³-hybridized carbons (Fsp3) is 0.300. The average molecular weight is 390 g/mol. The second-order valence-corrected chi connectivity index (χ2v) is 6.41. The molecule has 2 aromatic carbocycles. The van der Waals surface area contributed by atoms with E-state index in [9.17, 15) is 9.59 Å². The number of hydrogen-bond donors (Lipinski definition) is 1. The molecule has 6 nitrogen and oxygen atoms in total. The van der Waals surface area contributed by atoms with Crippen LogP contribution >= 0.6 is 11.6 Å². The highest BCUT2D eigenvalue weighted by molar-refractivity contribution is 6.31. The first-order valence-electron chi connectivity index (χ1n) is 8.35. The van der Waals surface area contributed by atoms with Gasteiger partial charge >= 0.3 is 0 Å². The lowest BCUT2D eigenvalue weighted by Crippen LogP contribution is -2.24. The van der Waals surface area contributed by atoms with Crippen molar-refractivity contribution in [3.05, 3.63) is 46.0 Å². The average Bonchev–Trinajstić information content (AvgIpc) is 2.69. The predicted molar refractivity (Wildman–Crippen MR) is 103 cm³/mol. The normalized spacial score (nSPS) is 12.3. The van der Waals surface area contributed by atoms with Gasteiger partial charge < -0.3 is 19.5 Å². The third kappa shape index (κ3) is 3.00. The molecule has 1 aliphatic rings. The van der Waals surface area contributed by atoms with Crippen LogP contribution in [0.1, 0.15) is 37.4 Å². The van der Waals surface area contributed by atoms with Gasteiger partial charge in [-0.25, -0.2) is 0 Å². The molecule has 1 N–H and O–H groups in total. The minimum Gasteiger partial charge on any atom is -0.497 e. The molecule has 142 valence electrons. The predicted octanol–water partition coefficient (Wildman–Crippen LogP) is 3.45. The van der Waals surface area contributed by atoms with Crippen LogP contribution in [0.4, 0.5) is 5.69 Å². The number of nitrogens with one attached hydrogen (secondary N) is 1. The van der Waals surface area contributed by atoms with Gasteiger partial charge in [0.2, 0.25) is 5.78 Å². The Morgan fingerprint density at radius 1 is 0.926 bits per heavy atom. The van der Waals surface area contributed by atoms with E-state index in [0.29, 0.717) is 29.6 Å². The molecular formula is C20H20ClNO5. The van der Waals surface area contributed by atoms with Gasteiger partial charge in [0, 0.05) is 40.9 Å². The van der Waals surface area contributed by atoms with Gasteiger partial charge in [0.15, 0.2) is 5.78 Å². The topological polar surface area (TPSA) is 73.9 Å². The van der Waals surface area contributed by atoms with Crippen molar-refractivity contribution in [2.45, 2.75) is 6.92 Å². The zero-order valence-electron chi connectivity index (χ0n) is 15.6. The van der Waals surface area contributed by atoms with Crippen LogP contribution in [0.25, 0.3) is 0 Å². The van der Waals surface area contributed by atoms with E-state index in [4.69, 9.17) is 25.8 Å². The Kier molecular flexibility index (Phi) is 5.28. The van der Waals surface area contributed by atoms with Crippen molar-refractivity contribution in [3.63, 3.8) is 0 Å². The summed E-state index contributed by atoms with van der Waals surface area (Å²) in [6, 6.07) is 4.82.